The second-order valence-electron chi connectivity index (χ2n) is 14.4. The van der Waals surface area contributed by atoms with E-state index in [0.29, 0.717) is 0 Å². The van der Waals surface area contributed by atoms with Gasteiger partial charge in [0.25, 0.3) is 0 Å². The van der Waals surface area contributed by atoms with Crippen LogP contribution < -0.4 is 0 Å². The fourth-order valence-corrected chi connectivity index (χ4v) is 10.4. The molecule has 0 unspecified atom stereocenters. The van der Waals surface area contributed by atoms with Crippen LogP contribution in [0.25, 0.3) is 96.6 Å². The van der Waals surface area contributed by atoms with Gasteiger partial charge in [-0.2, -0.15) is 0 Å². The van der Waals surface area contributed by atoms with Crippen LogP contribution in [-0.4, -0.2) is 0 Å². The van der Waals surface area contributed by atoms with Crippen LogP contribution in [0, 0.1) is 0 Å². The van der Waals surface area contributed by atoms with Gasteiger partial charge in [0.05, 0.1) is 0 Å². The second kappa shape index (κ2) is 10.1. The van der Waals surface area contributed by atoms with Gasteiger partial charge in [-0.05, 0) is 106 Å². The van der Waals surface area contributed by atoms with Gasteiger partial charge >= 0.3 is 0 Å². The third-order valence-corrected chi connectivity index (χ3v) is 12.5. The largest absolute Gasteiger partial charge is 0.135 e. The Morgan fingerprint density at radius 3 is 1.70 bits per heavy atom. The molecular weight excluding hydrogens is 621 g/mol. The van der Waals surface area contributed by atoms with Crippen molar-refractivity contribution < 1.29 is 0 Å². The van der Waals surface area contributed by atoms with E-state index >= 15 is 0 Å². The minimum atomic E-state index is -0.113. The molecule has 1 aliphatic rings. The van der Waals surface area contributed by atoms with E-state index in [9.17, 15) is 0 Å². The first-order chi connectivity index (χ1) is 24.6. The van der Waals surface area contributed by atoms with Gasteiger partial charge in [-0.1, -0.05) is 153 Å². The number of thiophene rings is 1. The molecule has 0 spiro atoms. The zero-order valence-corrected chi connectivity index (χ0v) is 28.7. The molecule has 1 heterocycles. The van der Waals surface area contributed by atoms with E-state index in [1.54, 1.807) is 0 Å². The fraction of sp³-hybridized carbons (Fsp3) is 0.0612. The van der Waals surface area contributed by atoms with E-state index in [0.717, 1.165) is 0 Å². The highest BCUT2D eigenvalue weighted by atomic mass is 32.1. The van der Waals surface area contributed by atoms with Gasteiger partial charge in [-0.3, -0.25) is 0 Å². The molecule has 0 atom stereocenters. The molecule has 11 rings (SSSR count). The summed E-state index contributed by atoms with van der Waals surface area (Å²) in [4.78, 5) is 0. The maximum Gasteiger partial charge on any atom is 0.0358 e. The van der Waals surface area contributed by atoms with Crippen LogP contribution in [0.4, 0.5) is 0 Å². The van der Waals surface area contributed by atoms with E-state index in [-0.39, 0.29) is 5.41 Å². The highest BCUT2D eigenvalue weighted by molar-refractivity contribution is 7.25. The van der Waals surface area contributed by atoms with Crippen molar-refractivity contribution >= 4 is 74.6 Å². The van der Waals surface area contributed by atoms with Crippen LogP contribution in [-0.2, 0) is 5.41 Å². The maximum absolute atomic E-state index is 2.50. The van der Waals surface area contributed by atoms with Crippen molar-refractivity contribution in [1.82, 2.24) is 0 Å². The summed E-state index contributed by atoms with van der Waals surface area (Å²) in [5, 5.41) is 13.1. The van der Waals surface area contributed by atoms with Gasteiger partial charge < -0.3 is 0 Å². The van der Waals surface area contributed by atoms with Gasteiger partial charge in [-0.25, -0.2) is 0 Å². The van der Waals surface area contributed by atoms with E-state index in [2.05, 4.69) is 172 Å². The van der Waals surface area contributed by atoms with Crippen LogP contribution in [0.15, 0.2) is 158 Å². The lowest BCUT2D eigenvalue weighted by molar-refractivity contribution is 0.667. The Morgan fingerprint density at radius 1 is 0.400 bits per heavy atom. The Balaban J connectivity index is 1.22. The molecule has 0 saturated carbocycles. The zero-order valence-electron chi connectivity index (χ0n) is 27.9. The first-order valence-corrected chi connectivity index (χ1v) is 18.3. The normalized spacial score (nSPS) is 13.6. The first-order valence-electron chi connectivity index (χ1n) is 17.5. The molecule has 0 radical (unpaired) electrons. The maximum atomic E-state index is 2.50. The van der Waals surface area contributed by atoms with Crippen molar-refractivity contribution in [3.8, 4) is 33.4 Å². The van der Waals surface area contributed by atoms with Crippen LogP contribution in [0.3, 0.4) is 0 Å². The first kappa shape index (κ1) is 28.1. The van der Waals surface area contributed by atoms with Gasteiger partial charge in [0.2, 0.25) is 0 Å². The highest BCUT2D eigenvalue weighted by Crippen LogP contribution is 2.56. The lowest BCUT2D eigenvalue weighted by Gasteiger charge is -2.23. The fourth-order valence-electron chi connectivity index (χ4n) is 9.27. The van der Waals surface area contributed by atoms with Gasteiger partial charge in [-0.15, -0.1) is 11.3 Å². The summed E-state index contributed by atoms with van der Waals surface area (Å²) in [6.45, 7) is 4.85. The quantitative estimate of drug-likeness (QED) is 0.163. The van der Waals surface area contributed by atoms with Crippen molar-refractivity contribution in [2.45, 2.75) is 19.3 Å². The highest BCUT2D eigenvalue weighted by Gasteiger charge is 2.38. The van der Waals surface area contributed by atoms with Crippen LogP contribution in [0.5, 0.6) is 0 Å². The average molecular weight is 653 g/mol. The molecular formula is C49H32S. The summed E-state index contributed by atoms with van der Waals surface area (Å²) < 4.78 is 2.71. The number of fused-ring (bicyclic) bond motifs is 12. The number of hydrogen-bond donors (Lipinski definition) is 0. The molecule has 1 aliphatic carbocycles. The smallest absolute Gasteiger partial charge is 0.0358 e. The number of rotatable bonds is 2. The SMILES string of the molecule is CC1(C)c2ccc3ccccc3c2-c2ccc3sc4ccc(-c5c6ccccc6c(-c6cccc7ccccc67)c6ccccc56)cc4c3c21. The third-order valence-electron chi connectivity index (χ3n) is 11.4. The molecule has 0 amide bonds. The molecule has 10 aromatic rings. The Kier molecular flexibility index (Phi) is 5.70. The molecule has 0 nitrogen and oxygen atoms in total. The lowest BCUT2D eigenvalue weighted by Crippen LogP contribution is -2.15. The van der Waals surface area contributed by atoms with Crippen LogP contribution >= 0.6 is 11.3 Å². The van der Waals surface area contributed by atoms with E-state index in [1.807, 2.05) is 11.3 Å². The summed E-state index contributed by atoms with van der Waals surface area (Å²) in [5.41, 5.74) is 10.7. The predicted molar refractivity (Wildman–Crippen MR) is 218 cm³/mol. The summed E-state index contributed by atoms with van der Waals surface area (Å²) in [6, 6.07) is 59.1. The molecule has 0 saturated heterocycles. The molecule has 234 valence electrons. The molecule has 0 fully saturated rings. The Bertz CT molecular complexity index is 3000. The van der Waals surface area contributed by atoms with Crippen molar-refractivity contribution in [2.24, 2.45) is 0 Å². The molecule has 0 bridgehead atoms. The third kappa shape index (κ3) is 3.71. The van der Waals surface area contributed by atoms with Crippen LogP contribution in [0.1, 0.15) is 25.0 Å². The Hall–Kier alpha value is -5.76. The molecule has 0 aliphatic heterocycles. The monoisotopic (exact) mass is 652 g/mol. The van der Waals surface area contributed by atoms with Gasteiger partial charge in [0, 0.05) is 25.6 Å². The standard InChI is InChI=1S/C49H32S/c1-49(2)41-25-22-30-13-4-6-16-33(30)46(41)39-24-27-43-47(48(39)49)40-28-31(23-26-42(40)50-43)44-35-17-7-9-19-37(35)45(38-20-10-8-18-36(38)44)34-21-11-14-29-12-3-5-15-32(29)34/h3-28H,1-2H3. The van der Waals surface area contributed by atoms with E-state index < -0.39 is 0 Å². The molecule has 1 aromatic heterocycles. The van der Waals surface area contributed by atoms with Gasteiger partial charge in [0.15, 0.2) is 0 Å². The summed E-state index contributed by atoms with van der Waals surface area (Å²) in [6.07, 6.45) is 0. The van der Waals surface area contributed by atoms with Crippen molar-refractivity contribution in [2.75, 3.05) is 0 Å². The zero-order chi connectivity index (χ0) is 33.1. The summed E-state index contributed by atoms with van der Waals surface area (Å²) in [7, 11) is 0. The predicted octanol–water partition coefficient (Wildman–Crippen LogP) is 14.3. The minimum absolute atomic E-state index is 0.113. The second-order valence-corrected chi connectivity index (χ2v) is 15.5. The number of hydrogen-bond acceptors (Lipinski definition) is 1. The molecule has 0 N–H and O–H groups in total. The minimum Gasteiger partial charge on any atom is -0.135 e. The molecule has 9 aromatic carbocycles. The van der Waals surface area contributed by atoms with E-state index in [4.69, 9.17) is 0 Å². The van der Waals surface area contributed by atoms with Gasteiger partial charge in [0.1, 0.15) is 0 Å². The Morgan fingerprint density at radius 2 is 0.980 bits per heavy atom. The molecule has 1 heteroatoms. The lowest BCUT2D eigenvalue weighted by atomic mass is 9.80. The van der Waals surface area contributed by atoms with Crippen molar-refractivity contribution in [3.63, 3.8) is 0 Å². The van der Waals surface area contributed by atoms with E-state index in [1.165, 1.54) is 108 Å². The summed E-state index contributed by atoms with van der Waals surface area (Å²) >= 11 is 1.92. The molecule has 50 heavy (non-hydrogen) atoms. The van der Waals surface area contributed by atoms with Crippen LogP contribution in [0.2, 0.25) is 0 Å². The summed E-state index contributed by atoms with van der Waals surface area (Å²) in [5.74, 6) is 0. The topological polar surface area (TPSA) is 0 Å². The number of benzene rings is 9. The Labute approximate surface area is 294 Å². The van der Waals surface area contributed by atoms with Crippen molar-refractivity contribution in [1.29, 1.82) is 0 Å². The average Bonchev–Trinajstić information content (AvgIpc) is 3.64. The van der Waals surface area contributed by atoms with Crippen molar-refractivity contribution in [3.05, 3.63) is 169 Å².